The summed E-state index contributed by atoms with van der Waals surface area (Å²) in [7, 11) is 0. The van der Waals surface area contributed by atoms with Gasteiger partial charge in [0.25, 0.3) is 5.91 Å². The molecule has 7 heteroatoms. The molecule has 112 valence electrons. The number of anilines is 1. The van der Waals surface area contributed by atoms with Gasteiger partial charge in [-0.15, -0.1) is 5.10 Å². The standard InChI is InChI=1S/C15H12FN3OS2/c16-14(15(20)17-11-4-2-1-3-5-11)22-13-8-12(18-19-13)10-6-7-21-9-10/h1-7,9,14H,8H2,(H,17,20). The zero-order chi connectivity index (χ0) is 15.4. The van der Waals surface area contributed by atoms with E-state index in [1.165, 1.54) is 0 Å². The molecule has 2 heterocycles. The predicted molar refractivity (Wildman–Crippen MR) is 90.5 cm³/mol. The van der Waals surface area contributed by atoms with Gasteiger partial charge < -0.3 is 5.32 Å². The molecule has 0 bridgehead atoms. The average Bonchev–Trinajstić information content (AvgIpc) is 3.19. The van der Waals surface area contributed by atoms with Crippen molar-refractivity contribution < 1.29 is 9.18 Å². The number of benzene rings is 1. The number of alkyl halides is 1. The Morgan fingerprint density at radius 1 is 1.27 bits per heavy atom. The van der Waals surface area contributed by atoms with Crippen molar-refractivity contribution in [2.75, 3.05) is 5.32 Å². The minimum absolute atomic E-state index is 0.459. The number of nitrogens with zero attached hydrogens (tertiary/aromatic N) is 2. The maximum Gasteiger partial charge on any atom is 0.269 e. The van der Waals surface area contributed by atoms with Crippen LogP contribution in [0.5, 0.6) is 0 Å². The number of hydrogen-bond donors (Lipinski definition) is 1. The van der Waals surface area contributed by atoms with Crippen molar-refractivity contribution in [3.63, 3.8) is 0 Å². The normalized spacial score (nSPS) is 15.1. The first-order valence-corrected chi connectivity index (χ1v) is 8.37. The van der Waals surface area contributed by atoms with Crippen molar-refractivity contribution in [3.05, 3.63) is 52.7 Å². The molecule has 1 unspecified atom stereocenters. The van der Waals surface area contributed by atoms with Gasteiger partial charge in [-0.1, -0.05) is 30.0 Å². The predicted octanol–water partition coefficient (Wildman–Crippen LogP) is 3.92. The number of thiophene rings is 1. The van der Waals surface area contributed by atoms with E-state index in [1.54, 1.807) is 35.6 Å². The smallest absolute Gasteiger partial charge is 0.269 e. The second kappa shape index (κ2) is 6.85. The van der Waals surface area contributed by atoms with Crippen LogP contribution < -0.4 is 5.32 Å². The van der Waals surface area contributed by atoms with Gasteiger partial charge in [-0.05, 0) is 29.0 Å². The fourth-order valence-electron chi connectivity index (χ4n) is 1.88. The zero-order valence-electron chi connectivity index (χ0n) is 11.4. The maximum atomic E-state index is 14.0. The van der Waals surface area contributed by atoms with E-state index in [1.807, 2.05) is 22.9 Å². The Kier molecular flexibility index (Phi) is 4.65. The quantitative estimate of drug-likeness (QED) is 0.922. The molecule has 1 atom stereocenters. The fourth-order valence-corrected chi connectivity index (χ4v) is 3.26. The van der Waals surface area contributed by atoms with E-state index in [0.717, 1.165) is 23.0 Å². The SMILES string of the molecule is O=C(Nc1ccccc1)C(F)SC1=NN=C(c2ccsc2)C1. The van der Waals surface area contributed by atoms with Gasteiger partial charge in [-0.2, -0.15) is 16.4 Å². The largest absolute Gasteiger partial charge is 0.323 e. The van der Waals surface area contributed by atoms with Gasteiger partial charge >= 0.3 is 0 Å². The second-order valence-corrected chi connectivity index (χ2v) is 6.42. The van der Waals surface area contributed by atoms with Crippen molar-refractivity contribution in [1.82, 2.24) is 0 Å². The lowest BCUT2D eigenvalue weighted by Gasteiger charge is -2.08. The summed E-state index contributed by atoms with van der Waals surface area (Å²) in [4.78, 5) is 11.8. The van der Waals surface area contributed by atoms with Crippen LogP contribution in [-0.4, -0.2) is 22.2 Å². The number of rotatable bonds is 4. The monoisotopic (exact) mass is 333 g/mol. The molecule has 0 aliphatic carbocycles. The Balaban J connectivity index is 1.53. The molecule has 1 N–H and O–H groups in total. The van der Waals surface area contributed by atoms with Crippen LogP contribution in [0.4, 0.5) is 10.1 Å². The van der Waals surface area contributed by atoms with E-state index in [2.05, 4.69) is 15.5 Å². The molecule has 22 heavy (non-hydrogen) atoms. The molecule has 1 amide bonds. The minimum Gasteiger partial charge on any atom is -0.323 e. The van der Waals surface area contributed by atoms with Crippen LogP contribution in [-0.2, 0) is 4.79 Å². The van der Waals surface area contributed by atoms with Gasteiger partial charge in [0, 0.05) is 17.7 Å². The molecule has 0 fully saturated rings. The third-order valence-corrected chi connectivity index (χ3v) is 4.54. The molecule has 0 radical (unpaired) electrons. The molecule has 2 aromatic rings. The molecule has 0 saturated carbocycles. The van der Waals surface area contributed by atoms with Crippen LogP contribution in [0.3, 0.4) is 0 Å². The Hall–Kier alpha value is -1.99. The van der Waals surface area contributed by atoms with Crippen LogP contribution >= 0.6 is 23.1 Å². The molecule has 0 spiro atoms. The molecule has 0 saturated heterocycles. The molecule has 3 rings (SSSR count). The Bertz CT molecular complexity index is 714. The highest BCUT2D eigenvalue weighted by Crippen LogP contribution is 2.24. The van der Waals surface area contributed by atoms with Crippen molar-refractivity contribution in [2.45, 2.75) is 11.9 Å². The van der Waals surface area contributed by atoms with E-state index in [9.17, 15) is 9.18 Å². The summed E-state index contributed by atoms with van der Waals surface area (Å²) in [6.45, 7) is 0. The Morgan fingerprint density at radius 2 is 2.09 bits per heavy atom. The highest BCUT2D eigenvalue weighted by Gasteiger charge is 2.24. The third kappa shape index (κ3) is 3.61. The first-order valence-electron chi connectivity index (χ1n) is 6.55. The van der Waals surface area contributed by atoms with Gasteiger partial charge in [0.15, 0.2) is 0 Å². The summed E-state index contributed by atoms with van der Waals surface area (Å²) in [5, 5.41) is 15.0. The van der Waals surface area contributed by atoms with Gasteiger partial charge in [0.2, 0.25) is 5.50 Å². The number of carbonyl (C=O) groups is 1. The Labute approximate surface area is 135 Å². The summed E-state index contributed by atoms with van der Waals surface area (Å²) in [6.07, 6.45) is 0.459. The van der Waals surface area contributed by atoms with E-state index in [0.29, 0.717) is 17.2 Å². The lowest BCUT2D eigenvalue weighted by molar-refractivity contribution is -0.118. The second-order valence-electron chi connectivity index (χ2n) is 4.52. The van der Waals surface area contributed by atoms with Crippen LogP contribution in [0.2, 0.25) is 0 Å². The van der Waals surface area contributed by atoms with Crippen molar-refractivity contribution in [1.29, 1.82) is 0 Å². The first kappa shape index (κ1) is 14.9. The van der Waals surface area contributed by atoms with E-state index >= 15 is 0 Å². The van der Waals surface area contributed by atoms with Crippen molar-refractivity contribution in [2.24, 2.45) is 10.2 Å². The topological polar surface area (TPSA) is 53.8 Å². The van der Waals surface area contributed by atoms with Crippen molar-refractivity contribution >= 4 is 45.4 Å². The van der Waals surface area contributed by atoms with Crippen LogP contribution in [0.15, 0.2) is 57.4 Å². The summed E-state index contributed by atoms with van der Waals surface area (Å²) in [5.41, 5.74) is 0.656. The summed E-state index contributed by atoms with van der Waals surface area (Å²) in [5.74, 6) is -0.692. The van der Waals surface area contributed by atoms with Crippen molar-refractivity contribution in [3.8, 4) is 0 Å². The number of thioether (sulfide) groups is 1. The molecular formula is C15H12FN3OS2. The number of nitrogens with one attached hydrogen (secondary N) is 1. The summed E-state index contributed by atoms with van der Waals surface area (Å²) >= 11 is 2.37. The highest BCUT2D eigenvalue weighted by atomic mass is 32.2. The minimum atomic E-state index is -1.71. The molecule has 4 nitrogen and oxygen atoms in total. The lowest BCUT2D eigenvalue weighted by Crippen LogP contribution is -2.22. The molecule has 1 aliphatic heterocycles. The van der Waals surface area contributed by atoms with E-state index in [-0.39, 0.29) is 0 Å². The number of hydrogen-bond acceptors (Lipinski definition) is 5. The fraction of sp³-hybridized carbons (Fsp3) is 0.133. The van der Waals surface area contributed by atoms with Crippen LogP contribution in [0.1, 0.15) is 12.0 Å². The first-order chi connectivity index (χ1) is 10.7. The third-order valence-electron chi connectivity index (χ3n) is 2.94. The van der Waals surface area contributed by atoms with E-state index < -0.39 is 11.4 Å². The number of carbonyl (C=O) groups excluding carboxylic acids is 1. The molecule has 1 aliphatic rings. The highest BCUT2D eigenvalue weighted by molar-refractivity contribution is 8.15. The van der Waals surface area contributed by atoms with E-state index in [4.69, 9.17) is 0 Å². The lowest BCUT2D eigenvalue weighted by atomic mass is 10.2. The molecule has 1 aromatic carbocycles. The summed E-state index contributed by atoms with van der Waals surface area (Å²) in [6, 6.07) is 10.7. The zero-order valence-corrected chi connectivity index (χ0v) is 13.0. The Morgan fingerprint density at radius 3 is 2.82 bits per heavy atom. The van der Waals surface area contributed by atoms with Gasteiger partial charge in [-0.25, -0.2) is 4.39 Å². The van der Waals surface area contributed by atoms with Gasteiger partial charge in [0.1, 0.15) is 5.04 Å². The maximum absolute atomic E-state index is 14.0. The molecular weight excluding hydrogens is 321 g/mol. The van der Waals surface area contributed by atoms with Gasteiger partial charge in [-0.3, -0.25) is 4.79 Å². The summed E-state index contributed by atoms with van der Waals surface area (Å²) < 4.78 is 14.0. The number of para-hydroxylation sites is 1. The van der Waals surface area contributed by atoms with Crippen LogP contribution in [0, 0.1) is 0 Å². The molecule has 1 aromatic heterocycles. The number of amides is 1. The number of halogens is 1. The van der Waals surface area contributed by atoms with Crippen LogP contribution in [0.25, 0.3) is 0 Å². The van der Waals surface area contributed by atoms with Gasteiger partial charge in [0.05, 0.1) is 5.71 Å². The average molecular weight is 333 g/mol.